The highest BCUT2D eigenvalue weighted by Gasteiger charge is 2.31. The number of fused-ring (bicyclic) bond motifs is 1. The second kappa shape index (κ2) is 8.79. The van der Waals surface area contributed by atoms with E-state index in [0.29, 0.717) is 24.5 Å². The lowest BCUT2D eigenvalue weighted by atomic mass is 10.0. The Labute approximate surface area is 193 Å². The largest absolute Gasteiger partial charge is 0.417 e. The van der Waals surface area contributed by atoms with Crippen LogP contribution in [-0.2, 0) is 10.9 Å². The van der Waals surface area contributed by atoms with Crippen LogP contribution in [0.25, 0.3) is 17.3 Å². The van der Waals surface area contributed by atoms with Gasteiger partial charge < -0.3 is 15.0 Å². The summed E-state index contributed by atoms with van der Waals surface area (Å²) in [6, 6.07) is 10.2. The van der Waals surface area contributed by atoms with Crippen molar-refractivity contribution in [1.82, 2.24) is 15.3 Å². The molecular formula is C24H19F3N5O2. The molecule has 0 bridgehead atoms. The predicted octanol–water partition coefficient (Wildman–Crippen LogP) is 4.47. The van der Waals surface area contributed by atoms with E-state index in [2.05, 4.69) is 25.5 Å². The number of rotatable bonds is 4. The molecule has 1 fully saturated rings. The Morgan fingerprint density at radius 2 is 1.79 bits per heavy atom. The first kappa shape index (κ1) is 21.9. The summed E-state index contributed by atoms with van der Waals surface area (Å²) in [7, 11) is 0. The first-order valence-electron chi connectivity index (χ1n) is 10.6. The molecule has 1 radical (unpaired) electrons. The molecule has 5 rings (SSSR count). The van der Waals surface area contributed by atoms with E-state index in [1.54, 1.807) is 12.1 Å². The van der Waals surface area contributed by atoms with Crippen molar-refractivity contribution in [3.63, 3.8) is 0 Å². The second-order valence-electron chi connectivity index (χ2n) is 7.80. The van der Waals surface area contributed by atoms with Crippen LogP contribution in [0.4, 0.5) is 30.4 Å². The molecule has 1 N–H and O–H groups in total. The molecule has 0 atom stereocenters. The summed E-state index contributed by atoms with van der Waals surface area (Å²) in [5.74, 6) is -0.270. The second-order valence-corrected chi connectivity index (χ2v) is 7.80. The molecule has 2 aromatic heterocycles. The maximum atomic E-state index is 13.2. The predicted molar refractivity (Wildman–Crippen MR) is 121 cm³/mol. The Morgan fingerprint density at radius 3 is 2.53 bits per heavy atom. The van der Waals surface area contributed by atoms with E-state index in [0.717, 1.165) is 31.0 Å². The van der Waals surface area contributed by atoms with E-state index in [-0.39, 0.29) is 22.6 Å². The minimum atomic E-state index is -4.53. The number of halogens is 3. The van der Waals surface area contributed by atoms with Crippen LogP contribution < -0.4 is 15.5 Å². The molecule has 2 aliphatic rings. The Morgan fingerprint density at radius 1 is 1.03 bits per heavy atom. The molecule has 1 aromatic carbocycles. The van der Waals surface area contributed by atoms with Gasteiger partial charge in [0.25, 0.3) is 5.91 Å². The monoisotopic (exact) mass is 466 g/mol. The summed E-state index contributed by atoms with van der Waals surface area (Å²) >= 11 is 0. The maximum absolute atomic E-state index is 13.2. The van der Waals surface area contributed by atoms with Gasteiger partial charge in [0.2, 0.25) is 0 Å². The van der Waals surface area contributed by atoms with Gasteiger partial charge in [-0.05, 0) is 48.0 Å². The van der Waals surface area contributed by atoms with Crippen LogP contribution in [0.5, 0.6) is 0 Å². The Kier molecular flexibility index (Phi) is 5.66. The highest BCUT2D eigenvalue weighted by atomic mass is 19.4. The number of anilines is 3. The number of amides is 1. The molecule has 7 nitrogen and oxygen atoms in total. The number of aromatic nitrogens is 2. The minimum Gasteiger partial charge on any atom is -0.378 e. The number of pyridine rings is 2. The molecule has 173 valence electrons. The molecule has 0 unspecified atom stereocenters. The third-order valence-electron chi connectivity index (χ3n) is 5.58. The number of carbonyl (C=O) groups excluding carboxylic acids is 1. The Hall–Kier alpha value is -3.92. The molecule has 0 aliphatic carbocycles. The molecule has 1 amide bonds. The fourth-order valence-electron chi connectivity index (χ4n) is 3.86. The third kappa shape index (κ3) is 4.44. The van der Waals surface area contributed by atoms with Crippen molar-refractivity contribution in [3.8, 4) is 11.3 Å². The van der Waals surface area contributed by atoms with Crippen LogP contribution in [0.2, 0.25) is 0 Å². The van der Waals surface area contributed by atoms with Crippen molar-refractivity contribution in [3.05, 3.63) is 71.7 Å². The lowest BCUT2D eigenvalue weighted by Gasteiger charge is -2.29. The summed E-state index contributed by atoms with van der Waals surface area (Å²) in [6.07, 6.45) is 0.522. The number of benzene rings is 1. The standard InChI is InChI=1S/C24H19F3N5O2/c25-24(26,27)17-11-16(13-28-14-17)20-12-15-5-6-29-23(33)21(15)22(31-20)30-18-1-3-19(4-2-18)32-7-9-34-10-8-32/h1-6,11-14H,7-10H2,(H,30,31). The normalized spacial score (nSPS) is 15.6. The minimum absolute atomic E-state index is 0.187. The summed E-state index contributed by atoms with van der Waals surface area (Å²) < 4.78 is 45.0. The van der Waals surface area contributed by atoms with Gasteiger partial charge in [-0.1, -0.05) is 0 Å². The van der Waals surface area contributed by atoms with Gasteiger partial charge in [-0.3, -0.25) is 9.78 Å². The van der Waals surface area contributed by atoms with Crippen LogP contribution >= 0.6 is 0 Å². The third-order valence-corrected chi connectivity index (χ3v) is 5.58. The van der Waals surface area contributed by atoms with Crippen molar-refractivity contribution in [2.45, 2.75) is 6.18 Å². The number of alkyl halides is 3. The zero-order valence-electron chi connectivity index (χ0n) is 17.8. The number of morpholine rings is 1. The van der Waals surface area contributed by atoms with Crippen molar-refractivity contribution < 1.29 is 22.7 Å². The lowest BCUT2D eigenvalue weighted by molar-refractivity contribution is -0.137. The quantitative estimate of drug-likeness (QED) is 0.611. The van der Waals surface area contributed by atoms with Gasteiger partial charge in [0, 0.05) is 48.6 Å². The van der Waals surface area contributed by atoms with E-state index in [9.17, 15) is 18.0 Å². The van der Waals surface area contributed by atoms with E-state index >= 15 is 0 Å². The number of ether oxygens (including phenoxy) is 1. The van der Waals surface area contributed by atoms with Crippen LogP contribution in [0.3, 0.4) is 0 Å². The van der Waals surface area contributed by atoms with Crippen LogP contribution in [0.15, 0.2) is 55.0 Å². The molecule has 0 spiro atoms. The summed E-state index contributed by atoms with van der Waals surface area (Å²) in [5, 5.41) is 6.95. The molecule has 34 heavy (non-hydrogen) atoms. The van der Waals surface area contributed by atoms with Crippen LogP contribution in [0.1, 0.15) is 21.5 Å². The number of carbonyl (C=O) groups is 1. The zero-order valence-corrected chi connectivity index (χ0v) is 17.8. The zero-order chi connectivity index (χ0) is 23.7. The molecule has 4 heterocycles. The topological polar surface area (TPSA) is 81.5 Å². The number of hydrogen-bond donors (Lipinski definition) is 1. The number of nitrogens with zero attached hydrogens (tertiary/aromatic N) is 4. The maximum Gasteiger partial charge on any atom is 0.417 e. The molecule has 2 aliphatic heterocycles. The lowest BCUT2D eigenvalue weighted by Crippen LogP contribution is -2.36. The molecule has 10 heteroatoms. The van der Waals surface area contributed by atoms with Crippen molar-refractivity contribution in [1.29, 1.82) is 0 Å². The fourth-order valence-corrected chi connectivity index (χ4v) is 3.86. The fraction of sp³-hybridized carbons (Fsp3) is 0.208. The van der Waals surface area contributed by atoms with Gasteiger partial charge >= 0.3 is 6.18 Å². The summed E-state index contributed by atoms with van der Waals surface area (Å²) in [5.41, 5.74) is 2.04. The Bertz CT molecular complexity index is 1250. The molecule has 1 saturated heterocycles. The average molecular weight is 466 g/mol. The number of nitrogens with one attached hydrogen (secondary N) is 1. The highest BCUT2D eigenvalue weighted by molar-refractivity contribution is 6.05. The highest BCUT2D eigenvalue weighted by Crippen LogP contribution is 2.34. The van der Waals surface area contributed by atoms with Gasteiger partial charge in [-0.2, -0.15) is 13.2 Å². The van der Waals surface area contributed by atoms with Crippen molar-refractivity contribution in [2.75, 3.05) is 36.5 Å². The molecule has 0 saturated carbocycles. The van der Waals surface area contributed by atoms with Crippen molar-refractivity contribution in [2.24, 2.45) is 0 Å². The number of hydrogen-bond acceptors (Lipinski definition) is 6. The van der Waals surface area contributed by atoms with E-state index in [4.69, 9.17) is 4.74 Å². The van der Waals surface area contributed by atoms with Crippen LogP contribution in [0, 0.1) is 0 Å². The van der Waals surface area contributed by atoms with Gasteiger partial charge in [0.05, 0.1) is 30.0 Å². The van der Waals surface area contributed by atoms with E-state index in [1.165, 1.54) is 12.4 Å². The average Bonchev–Trinajstić information content (AvgIpc) is 2.84. The van der Waals surface area contributed by atoms with E-state index in [1.807, 2.05) is 24.3 Å². The van der Waals surface area contributed by atoms with Gasteiger partial charge in [-0.15, -0.1) is 0 Å². The Balaban J connectivity index is 1.50. The van der Waals surface area contributed by atoms with E-state index < -0.39 is 17.6 Å². The first-order chi connectivity index (χ1) is 16.4. The van der Waals surface area contributed by atoms with Gasteiger partial charge in [0.1, 0.15) is 5.82 Å². The first-order valence-corrected chi connectivity index (χ1v) is 10.6. The molecular weight excluding hydrogens is 447 g/mol. The smallest absolute Gasteiger partial charge is 0.378 e. The summed E-state index contributed by atoms with van der Waals surface area (Å²) in [6.45, 7) is 2.95. The van der Waals surface area contributed by atoms with Gasteiger partial charge in [0.15, 0.2) is 0 Å². The van der Waals surface area contributed by atoms with Crippen molar-refractivity contribution >= 4 is 29.2 Å². The van der Waals surface area contributed by atoms with Gasteiger partial charge in [-0.25, -0.2) is 10.3 Å². The molecule has 3 aromatic rings. The summed E-state index contributed by atoms with van der Waals surface area (Å²) in [4.78, 5) is 22.9. The SMILES string of the molecule is O=C1[N]C=Cc2cc(-c3cncc(C(F)(F)F)c3)nc(Nc3ccc(N4CCOCC4)cc3)c21. The van der Waals surface area contributed by atoms with Crippen LogP contribution in [-0.4, -0.2) is 42.2 Å².